The molecule has 0 heterocycles. The van der Waals surface area contributed by atoms with Crippen molar-refractivity contribution in [3.63, 3.8) is 0 Å². The van der Waals surface area contributed by atoms with Crippen LogP contribution in [0.1, 0.15) is 13.8 Å². The fraction of sp³-hybridized carbons (Fsp3) is 0.500. The van der Waals surface area contributed by atoms with Crippen LogP contribution in [-0.2, 0) is 4.74 Å². The molecule has 0 aliphatic heterocycles. The Hall–Kier alpha value is -1.09. The highest BCUT2D eigenvalue weighted by atomic mass is 19.1. The van der Waals surface area contributed by atoms with Crippen molar-refractivity contribution in [3.8, 4) is 0 Å². The van der Waals surface area contributed by atoms with E-state index in [1.54, 1.807) is 13.2 Å². The van der Waals surface area contributed by atoms with E-state index in [0.29, 0.717) is 12.5 Å². The Balaban J connectivity index is 2.65. The third kappa shape index (κ3) is 3.88. The number of nitrogens with one attached hydrogen (secondary N) is 1. The number of ether oxygens (including phenoxy) is 1. The standard InChI is InChI=1S/C12H18FNO/c1-9(2)12(8-15-3)14-11-6-4-5-10(13)7-11/h4-7,9,12,14H,8H2,1-3H3. The Morgan fingerprint density at radius 2 is 2.13 bits per heavy atom. The van der Waals surface area contributed by atoms with Gasteiger partial charge in [0.2, 0.25) is 0 Å². The second kappa shape index (κ2) is 5.71. The maximum Gasteiger partial charge on any atom is 0.125 e. The van der Waals surface area contributed by atoms with E-state index in [2.05, 4.69) is 19.2 Å². The number of benzene rings is 1. The maximum atomic E-state index is 12.9. The normalized spacial score (nSPS) is 12.9. The van der Waals surface area contributed by atoms with E-state index in [4.69, 9.17) is 4.74 Å². The first kappa shape index (κ1) is 12.0. The van der Waals surface area contributed by atoms with Crippen molar-refractivity contribution < 1.29 is 9.13 Å². The number of hydrogen-bond donors (Lipinski definition) is 1. The summed E-state index contributed by atoms with van der Waals surface area (Å²) in [5, 5.41) is 3.26. The molecule has 0 radical (unpaired) electrons. The Morgan fingerprint density at radius 3 is 2.67 bits per heavy atom. The van der Waals surface area contributed by atoms with E-state index in [-0.39, 0.29) is 11.9 Å². The highest BCUT2D eigenvalue weighted by Crippen LogP contribution is 2.14. The molecule has 1 N–H and O–H groups in total. The molecule has 1 aromatic rings. The molecule has 1 rings (SSSR count). The molecule has 0 aromatic heterocycles. The van der Waals surface area contributed by atoms with E-state index >= 15 is 0 Å². The maximum absolute atomic E-state index is 12.9. The van der Waals surface area contributed by atoms with Gasteiger partial charge in [0.05, 0.1) is 12.6 Å². The first-order valence-corrected chi connectivity index (χ1v) is 5.14. The Bertz CT molecular complexity index is 301. The Kier molecular flexibility index (Phi) is 4.56. The van der Waals surface area contributed by atoms with E-state index in [9.17, 15) is 4.39 Å². The number of rotatable bonds is 5. The van der Waals surface area contributed by atoms with Crippen LogP contribution in [0.15, 0.2) is 24.3 Å². The molecule has 0 saturated heterocycles. The minimum atomic E-state index is -0.222. The quantitative estimate of drug-likeness (QED) is 0.808. The summed E-state index contributed by atoms with van der Waals surface area (Å²) in [6, 6.07) is 6.68. The molecular formula is C12H18FNO. The van der Waals surface area contributed by atoms with Gasteiger partial charge in [-0.1, -0.05) is 19.9 Å². The zero-order valence-electron chi connectivity index (χ0n) is 9.46. The van der Waals surface area contributed by atoms with Crippen LogP contribution in [0.4, 0.5) is 10.1 Å². The second-order valence-corrected chi connectivity index (χ2v) is 3.96. The van der Waals surface area contributed by atoms with Gasteiger partial charge in [0.15, 0.2) is 0 Å². The lowest BCUT2D eigenvalue weighted by Gasteiger charge is -2.22. The van der Waals surface area contributed by atoms with Crippen molar-refractivity contribution in [3.05, 3.63) is 30.1 Å². The summed E-state index contributed by atoms with van der Waals surface area (Å²) in [6.45, 7) is 4.83. The summed E-state index contributed by atoms with van der Waals surface area (Å²) in [5.41, 5.74) is 0.797. The molecule has 3 heteroatoms. The number of anilines is 1. The lowest BCUT2D eigenvalue weighted by molar-refractivity contribution is 0.171. The van der Waals surface area contributed by atoms with Gasteiger partial charge in [0.25, 0.3) is 0 Å². The van der Waals surface area contributed by atoms with E-state index < -0.39 is 0 Å². The molecule has 2 nitrogen and oxygen atoms in total. The minimum absolute atomic E-state index is 0.205. The van der Waals surface area contributed by atoms with Crippen molar-refractivity contribution in [2.24, 2.45) is 5.92 Å². The van der Waals surface area contributed by atoms with Crippen molar-refractivity contribution in [1.29, 1.82) is 0 Å². The summed E-state index contributed by atoms with van der Waals surface area (Å²) in [6.07, 6.45) is 0. The largest absolute Gasteiger partial charge is 0.383 e. The van der Waals surface area contributed by atoms with Crippen molar-refractivity contribution in [2.75, 3.05) is 19.0 Å². The highest BCUT2D eigenvalue weighted by Gasteiger charge is 2.12. The fourth-order valence-electron chi connectivity index (χ4n) is 1.37. The highest BCUT2D eigenvalue weighted by molar-refractivity contribution is 5.44. The summed E-state index contributed by atoms with van der Waals surface area (Å²) < 4.78 is 18.0. The zero-order chi connectivity index (χ0) is 11.3. The third-order valence-corrected chi connectivity index (χ3v) is 2.33. The smallest absolute Gasteiger partial charge is 0.125 e. The molecule has 0 amide bonds. The van der Waals surface area contributed by atoms with Crippen LogP contribution in [0, 0.1) is 11.7 Å². The molecule has 1 aromatic carbocycles. The van der Waals surface area contributed by atoms with E-state index in [1.807, 2.05) is 6.07 Å². The topological polar surface area (TPSA) is 21.3 Å². The first-order chi connectivity index (χ1) is 7.13. The summed E-state index contributed by atoms with van der Waals surface area (Å²) in [7, 11) is 1.67. The van der Waals surface area contributed by atoms with Crippen LogP contribution in [0.2, 0.25) is 0 Å². The van der Waals surface area contributed by atoms with Crippen molar-refractivity contribution >= 4 is 5.69 Å². The van der Waals surface area contributed by atoms with E-state index in [0.717, 1.165) is 5.69 Å². The minimum Gasteiger partial charge on any atom is -0.383 e. The molecule has 1 unspecified atom stereocenters. The molecule has 0 bridgehead atoms. The van der Waals surface area contributed by atoms with Gasteiger partial charge in [-0.3, -0.25) is 0 Å². The molecule has 15 heavy (non-hydrogen) atoms. The monoisotopic (exact) mass is 211 g/mol. The zero-order valence-corrected chi connectivity index (χ0v) is 9.46. The SMILES string of the molecule is COCC(Nc1cccc(F)c1)C(C)C. The van der Waals surface area contributed by atoms with Gasteiger partial charge in [-0.2, -0.15) is 0 Å². The summed E-state index contributed by atoms with van der Waals surface area (Å²) >= 11 is 0. The lowest BCUT2D eigenvalue weighted by atomic mass is 10.1. The summed E-state index contributed by atoms with van der Waals surface area (Å²) in [4.78, 5) is 0. The Labute approximate surface area is 90.4 Å². The van der Waals surface area contributed by atoms with Gasteiger partial charge < -0.3 is 10.1 Å². The van der Waals surface area contributed by atoms with Gasteiger partial charge in [-0.15, -0.1) is 0 Å². The van der Waals surface area contributed by atoms with Crippen LogP contribution < -0.4 is 5.32 Å². The number of hydrogen-bond acceptors (Lipinski definition) is 2. The van der Waals surface area contributed by atoms with Crippen LogP contribution in [0.3, 0.4) is 0 Å². The molecular weight excluding hydrogens is 193 g/mol. The average Bonchev–Trinajstić information content (AvgIpc) is 2.17. The van der Waals surface area contributed by atoms with Crippen molar-refractivity contribution in [2.45, 2.75) is 19.9 Å². The summed E-state index contributed by atoms with van der Waals surface area (Å²) in [5.74, 6) is 0.216. The van der Waals surface area contributed by atoms with Gasteiger partial charge in [-0.05, 0) is 24.1 Å². The molecule has 0 saturated carbocycles. The Morgan fingerprint density at radius 1 is 1.40 bits per heavy atom. The van der Waals surface area contributed by atoms with Crippen LogP contribution in [-0.4, -0.2) is 19.8 Å². The molecule has 0 aliphatic carbocycles. The second-order valence-electron chi connectivity index (χ2n) is 3.96. The molecule has 0 aliphatic rings. The first-order valence-electron chi connectivity index (χ1n) is 5.14. The number of halogens is 1. The van der Waals surface area contributed by atoms with Crippen molar-refractivity contribution in [1.82, 2.24) is 0 Å². The van der Waals surface area contributed by atoms with Gasteiger partial charge in [-0.25, -0.2) is 4.39 Å². The predicted molar refractivity (Wildman–Crippen MR) is 60.5 cm³/mol. The van der Waals surface area contributed by atoms with E-state index in [1.165, 1.54) is 12.1 Å². The average molecular weight is 211 g/mol. The number of methoxy groups -OCH3 is 1. The van der Waals surface area contributed by atoms with Crippen LogP contribution in [0.25, 0.3) is 0 Å². The fourth-order valence-corrected chi connectivity index (χ4v) is 1.37. The lowest BCUT2D eigenvalue weighted by Crippen LogP contribution is -2.30. The van der Waals surface area contributed by atoms with Gasteiger partial charge in [0, 0.05) is 12.8 Å². The molecule has 0 fully saturated rings. The van der Waals surface area contributed by atoms with Gasteiger partial charge in [0.1, 0.15) is 5.82 Å². The molecule has 0 spiro atoms. The predicted octanol–water partition coefficient (Wildman–Crippen LogP) is 2.91. The van der Waals surface area contributed by atoms with Crippen LogP contribution >= 0.6 is 0 Å². The third-order valence-electron chi connectivity index (χ3n) is 2.33. The molecule has 84 valence electrons. The van der Waals surface area contributed by atoms with Gasteiger partial charge >= 0.3 is 0 Å². The van der Waals surface area contributed by atoms with Crippen LogP contribution in [0.5, 0.6) is 0 Å². The molecule has 1 atom stereocenters.